The van der Waals surface area contributed by atoms with E-state index >= 15 is 0 Å². The topological polar surface area (TPSA) is 70.0 Å². The van der Waals surface area contributed by atoms with Crippen LogP contribution in [0.4, 0.5) is 22.0 Å². The summed E-state index contributed by atoms with van der Waals surface area (Å²) in [7, 11) is 0. The van der Waals surface area contributed by atoms with Crippen LogP contribution in [0.2, 0.25) is 5.02 Å². The summed E-state index contributed by atoms with van der Waals surface area (Å²) in [6, 6.07) is 3.42. The molecule has 136 valence electrons. The van der Waals surface area contributed by atoms with Gasteiger partial charge in [0.25, 0.3) is 5.91 Å². The molecule has 0 aliphatic carbocycles. The van der Waals surface area contributed by atoms with Crippen LogP contribution in [-0.2, 0) is 6.18 Å². The molecule has 0 saturated carbocycles. The maximum Gasteiger partial charge on any atom is 0.417 e. The number of nitrogens with one attached hydrogen (secondary N) is 1. The Morgan fingerprint density at radius 3 is 2.46 bits per heavy atom. The van der Waals surface area contributed by atoms with Crippen molar-refractivity contribution in [1.29, 1.82) is 0 Å². The first kappa shape index (κ1) is 18.0. The number of rotatable bonds is 2. The number of alkyl halides is 3. The van der Waals surface area contributed by atoms with Gasteiger partial charge < -0.3 is 0 Å². The van der Waals surface area contributed by atoms with Crippen LogP contribution in [-0.4, -0.2) is 15.9 Å². The Hall–Kier alpha value is -2.82. The number of carbonyl (C=O) groups is 1. The van der Waals surface area contributed by atoms with E-state index in [0.717, 1.165) is 18.2 Å². The van der Waals surface area contributed by atoms with Gasteiger partial charge in [0.2, 0.25) is 6.17 Å². The van der Waals surface area contributed by atoms with E-state index in [1.54, 1.807) is 0 Å². The fourth-order valence-corrected chi connectivity index (χ4v) is 2.45. The van der Waals surface area contributed by atoms with E-state index in [2.05, 4.69) is 20.9 Å². The van der Waals surface area contributed by atoms with Gasteiger partial charge >= 0.3 is 6.18 Å². The van der Waals surface area contributed by atoms with Gasteiger partial charge in [0.05, 0.1) is 10.6 Å². The largest absolute Gasteiger partial charge is 0.417 e. The predicted molar refractivity (Wildman–Crippen MR) is 77.5 cm³/mol. The Labute approximate surface area is 147 Å². The molecule has 0 fully saturated rings. The van der Waals surface area contributed by atoms with Gasteiger partial charge in [-0.1, -0.05) is 22.9 Å². The fraction of sp³-hybridized carbons (Fsp3) is 0.143. The molecule has 2 aromatic rings. The highest BCUT2D eigenvalue weighted by atomic mass is 35.5. The van der Waals surface area contributed by atoms with E-state index in [0.29, 0.717) is 17.3 Å². The van der Waals surface area contributed by atoms with Crippen LogP contribution in [0.25, 0.3) is 0 Å². The second-order valence-corrected chi connectivity index (χ2v) is 5.46. The van der Waals surface area contributed by atoms with Crippen LogP contribution in [0.15, 0.2) is 40.8 Å². The van der Waals surface area contributed by atoms with Gasteiger partial charge in [-0.25, -0.2) is 13.8 Å². The first-order chi connectivity index (χ1) is 12.2. The number of hydrazine groups is 1. The van der Waals surface area contributed by atoms with Crippen LogP contribution in [0.5, 0.6) is 0 Å². The summed E-state index contributed by atoms with van der Waals surface area (Å²) < 4.78 is 65.7. The zero-order chi connectivity index (χ0) is 19.1. The summed E-state index contributed by atoms with van der Waals surface area (Å²) in [5.41, 5.74) is -0.127. The van der Waals surface area contributed by atoms with Gasteiger partial charge in [0, 0.05) is 6.20 Å². The number of nitrogens with zero attached hydrogens (tertiary/aromatic N) is 4. The molecule has 12 heteroatoms. The predicted octanol–water partition coefficient (Wildman–Crippen LogP) is 4.06. The molecule has 2 heterocycles. The highest BCUT2D eigenvalue weighted by molar-refractivity contribution is 6.31. The quantitative estimate of drug-likeness (QED) is 0.785. The molecular weight excluding hydrogens is 385 g/mol. The van der Waals surface area contributed by atoms with Crippen molar-refractivity contribution < 1.29 is 26.7 Å². The third-order valence-corrected chi connectivity index (χ3v) is 3.70. The average molecular weight is 392 g/mol. The van der Waals surface area contributed by atoms with Crippen molar-refractivity contribution in [2.75, 3.05) is 0 Å². The molecule has 0 spiro atoms. The third kappa shape index (κ3) is 3.17. The standard InChI is InChI=1S/C14H7ClF5N5O/c15-7-4-6(14(18,19)20)5-21-11(7)12-22-23-24-25(12)13(26)10-8(16)2-1-3-9(10)17/h1-5,12H,(H,22,24)/t12-/m0/s1. The molecule has 1 aromatic carbocycles. The van der Waals surface area contributed by atoms with Gasteiger partial charge in [-0.3, -0.25) is 9.78 Å². The Balaban J connectivity index is 1.96. The van der Waals surface area contributed by atoms with Gasteiger partial charge in [-0.05, 0) is 18.2 Å². The molecule has 0 radical (unpaired) electrons. The van der Waals surface area contributed by atoms with Crippen LogP contribution < -0.4 is 5.53 Å². The van der Waals surface area contributed by atoms with E-state index < -0.39 is 46.0 Å². The lowest BCUT2D eigenvalue weighted by molar-refractivity contribution is -0.137. The average Bonchev–Trinajstić information content (AvgIpc) is 3.03. The number of hydrogen-bond donors (Lipinski definition) is 1. The molecule has 1 aliphatic heterocycles. The van der Waals surface area contributed by atoms with Crippen LogP contribution >= 0.6 is 11.6 Å². The molecule has 1 atom stereocenters. The maximum absolute atomic E-state index is 13.8. The maximum atomic E-state index is 13.8. The zero-order valence-corrected chi connectivity index (χ0v) is 13.2. The van der Waals surface area contributed by atoms with Crippen molar-refractivity contribution in [2.45, 2.75) is 12.3 Å². The first-order valence-corrected chi connectivity index (χ1v) is 7.23. The zero-order valence-electron chi connectivity index (χ0n) is 12.4. The lowest BCUT2D eigenvalue weighted by Gasteiger charge is -2.21. The van der Waals surface area contributed by atoms with Gasteiger partial charge in [-0.2, -0.15) is 18.7 Å². The number of carbonyl (C=O) groups excluding carboxylic acids is 1. The Morgan fingerprint density at radius 2 is 1.88 bits per heavy atom. The summed E-state index contributed by atoms with van der Waals surface area (Å²) in [6.07, 6.45) is -5.58. The van der Waals surface area contributed by atoms with Crippen molar-refractivity contribution in [3.8, 4) is 0 Å². The Morgan fingerprint density at radius 1 is 1.23 bits per heavy atom. The fourth-order valence-electron chi connectivity index (χ4n) is 2.18. The van der Waals surface area contributed by atoms with Crippen molar-refractivity contribution in [2.24, 2.45) is 10.3 Å². The van der Waals surface area contributed by atoms with E-state index in [1.807, 2.05) is 0 Å². The molecule has 0 bridgehead atoms. The summed E-state index contributed by atoms with van der Waals surface area (Å²) in [5, 5.41) is 7.10. The molecule has 1 amide bonds. The van der Waals surface area contributed by atoms with E-state index in [1.165, 1.54) is 0 Å². The highest BCUT2D eigenvalue weighted by Gasteiger charge is 2.37. The number of pyridine rings is 1. The van der Waals surface area contributed by atoms with Crippen molar-refractivity contribution in [3.05, 3.63) is 63.9 Å². The summed E-state index contributed by atoms with van der Waals surface area (Å²) in [6.45, 7) is 0. The number of hydrogen-bond acceptors (Lipinski definition) is 5. The minimum atomic E-state index is -4.67. The molecule has 0 saturated heterocycles. The van der Waals surface area contributed by atoms with Gasteiger partial charge in [0.1, 0.15) is 22.9 Å². The smallest absolute Gasteiger partial charge is 0.267 e. The van der Waals surface area contributed by atoms with Crippen LogP contribution in [0.3, 0.4) is 0 Å². The molecule has 1 aromatic heterocycles. The van der Waals surface area contributed by atoms with Crippen molar-refractivity contribution in [3.63, 3.8) is 0 Å². The highest BCUT2D eigenvalue weighted by Crippen LogP contribution is 2.35. The summed E-state index contributed by atoms with van der Waals surface area (Å²) >= 11 is 5.82. The summed E-state index contributed by atoms with van der Waals surface area (Å²) in [4.78, 5) is 16.0. The van der Waals surface area contributed by atoms with Gasteiger partial charge in [0.15, 0.2) is 0 Å². The number of halogens is 6. The minimum Gasteiger partial charge on any atom is -0.267 e. The van der Waals surface area contributed by atoms with E-state index in [-0.39, 0.29) is 5.69 Å². The SMILES string of the molecule is O=C(c1c(F)cccc1F)N1NN=N[C@@H]1c1ncc(C(F)(F)F)cc1Cl. The number of aromatic nitrogens is 1. The molecule has 3 rings (SSSR count). The lowest BCUT2D eigenvalue weighted by Crippen LogP contribution is -2.39. The summed E-state index contributed by atoms with van der Waals surface area (Å²) in [5.74, 6) is -3.45. The molecule has 0 unspecified atom stereocenters. The minimum absolute atomic E-state index is 0.251. The van der Waals surface area contributed by atoms with E-state index in [9.17, 15) is 26.7 Å². The van der Waals surface area contributed by atoms with Gasteiger partial charge in [-0.15, -0.1) is 5.11 Å². The first-order valence-electron chi connectivity index (χ1n) is 6.86. The van der Waals surface area contributed by atoms with E-state index in [4.69, 9.17) is 11.6 Å². The Kier molecular flexibility index (Phi) is 4.48. The molecule has 6 nitrogen and oxygen atoms in total. The number of benzene rings is 1. The normalized spacial score (nSPS) is 16.7. The lowest BCUT2D eigenvalue weighted by atomic mass is 10.1. The van der Waals surface area contributed by atoms with Crippen molar-refractivity contribution >= 4 is 17.5 Å². The van der Waals surface area contributed by atoms with Crippen LogP contribution in [0.1, 0.15) is 27.8 Å². The molecule has 1 aliphatic rings. The number of amides is 1. The molecule has 26 heavy (non-hydrogen) atoms. The second-order valence-electron chi connectivity index (χ2n) is 5.05. The second kappa shape index (κ2) is 6.48. The third-order valence-electron chi connectivity index (χ3n) is 3.40. The molecule has 1 N–H and O–H groups in total. The van der Waals surface area contributed by atoms with Crippen molar-refractivity contribution in [1.82, 2.24) is 15.5 Å². The monoisotopic (exact) mass is 391 g/mol. The molecular formula is C14H7ClF5N5O. The van der Waals surface area contributed by atoms with Crippen LogP contribution in [0, 0.1) is 11.6 Å². The Bertz CT molecular complexity index is 884.